The van der Waals surface area contributed by atoms with Crippen molar-refractivity contribution in [2.45, 2.75) is 33.2 Å². The van der Waals surface area contributed by atoms with Crippen molar-refractivity contribution in [1.82, 2.24) is 4.90 Å². The Kier molecular flexibility index (Phi) is 5.86. The molecule has 0 saturated carbocycles. The van der Waals surface area contributed by atoms with E-state index < -0.39 is 5.97 Å². The van der Waals surface area contributed by atoms with Crippen molar-refractivity contribution in [3.63, 3.8) is 0 Å². The molecule has 0 aliphatic heterocycles. The molecule has 3 nitrogen and oxygen atoms in total. The van der Waals surface area contributed by atoms with Crippen molar-refractivity contribution in [3.05, 3.63) is 35.9 Å². The van der Waals surface area contributed by atoms with Crippen LogP contribution in [0.1, 0.15) is 26.3 Å². The molecule has 3 heteroatoms. The second kappa shape index (κ2) is 7.17. The fourth-order valence-electron chi connectivity index (χ4n) is 2.13. The molecule has 1 rings (SSSR count). The summed E-state index contributed by atoms with van der Waals surface area (Å²) in [5.41, 5.74) is 1.30. The van der Waals surface area contributed by atoms with Gasteiger partial charge in [0.25, 0.3) is 0 Å². The average Bonchev–Trinajstić information content (AvgIpc) is 2.36. The number of hydrogen-bond acceptors (Lipinski definition) is 2. The van der Waals surface area contributed by atoms with E-state index in [1.807, 2.05) is 18.2 Å². The number of likely N-dealkylation sites (N-methyl/N-ethyl adjacent to an activating group) is 1. The van der Waals surface area contributed by atoms with Crippen LogP contribution in [0.25, 0.3) is 0 Å². The highest BCUT2D eigenvalue weighted by Crippen LogP contribution is 2.11. The summed E-state index contributed by atoms with van der Waals surface area (Å²) in [6.45, 7) is 7.49. The fourth-order valence-corrected chi connectivity index (χ4v) is 2.13. The van der Waals surface area contributed by atoms with Gasteiger partial charge in [-0.25, -0.2) is 0 Å². The average molecular weight is 249 g/mol. The second-order valence-corrected chi connectivity index (χ2v) is 4.87. The highest BCUT2D eigenvalue weighted by molar-refractivity contribution is 5.69. The van der Waals surface area contributed by atoms with Crippen molar-refractivity contribution >= 4 is 5.97 Å². The molecule has 1 aromatic carbocycles. The molecule has 0 radical (unpaired) electrons. The number of carboxylic acids is 1. The largest absolute Gasteiger partial charge is 0.481 e. The van der Waals surface area contributed by atoms with E-state index in [9.17, 15) is 4.79 Å². The zero-order chi connectivity index (χ0) is 13.5. The van der Waals surface area contributed by atoms with E-state index in [2.05, 4.69) is 30.9 Å². The van der Waals surface area contributed by atoms with Crippen LogP contribution in [0.15, 0.2) is 30.3 Å². The highest BCUT2D eigenvalue weighted by Gasteiger charge is 2.19. The predicted octanol–water partition coefficient (Wildman–Crippen LogP) is 2.66. The summed E-state index contributed by atoms with van der Waals surface area (Å²) in [4.78, 5) is 13.1. The Morgan fingerprint density at radius 3 is 2.39 bits per heavy atom. The third-order valence-corrected chi connectivity index (χ3v) is 3.33. The van der Waals surface area contributed by atoms with Crippen LogP contribution in [-0.4, -0.2) is 35.1 Å². The van der Waals surface area contributed by atoms with Crippen molar-refractivity contribution in [1.29, 1.82) is 0 Å². The summed E-state index contributed by atoms with van der Waals surface area (Å²) in [6, 6.07) is 10.7. The molecular weight excluding hydrogens is 226 g/mol. The van der Waals surface area contributed by atoms with E-state index in [0.29, 0.717) is 12.6 Å². The zero-order valence-electron chi connectivity index (χ0n) is 11.5. The molecule has 100 valence electrons. The van der Waals surface area contributed by atoms with Crippen LogP contribution in [0, 0.1) is 5.92 Å². The maximum Gasteiger partial charge on any atom is 0.307 e. The Morgan fingerprint density at radius 1 is 1.28 bits per heavy atom. The Balaban J connectivity index is 2.57. The number of aliphatic carboxylic acids is 1. The molecule has 2 atom stereocenters. The molecule has 0 aromatic heterocycles. The first-order valence-electron chi connectivity index (χ1n) is 6.55. The standard InChI is InChI=1S/C15H23NO2/c1-4-16(11-12(2)15(17)18)13(3)10-14-8-6-5-7-9-14/h5-9,12-13H,4,10-11H2,1-3H3,(H,17,18). The van der Waals surface area contributed by atoms with Gasteiger partial charge in [0.05, 0.1) is 5.92 Å². The first-order valence-corrected chi connectivity index (χ1v) is 6.55. The monoisotopic (exact) mass is 249 g/mol. The minimum Gasteiger partial charge on any atom is -0.481 e. The van der Waals surface area contributed by atoms with Crippen molar-refractivity contribution in [2.24, 2.45) is 5.92 Å². The predicted molar refractivity (Wildman–Crippen MR) is 73.7 cm³/mol. The van der Waals surface area contributed by atoms with E-state index in [1.165, 1.54) is 5.56 Å². The first kappa shape index (κ1) is 14.7. The van der Waals surface area contributed by atoms with Gasteiger partial charge in [0, 0.05) is 12.6 Å². The summed E-state index contributed by atoms with van der Waals surface area (Å²) in [5, 5.41) is 8.97. The van der Waals surface area contributed by atoms with Gasteiger partial charge in [0.2, 0.25) is 0 Å². The van der Waals surface area contributed by atoms with Crippen LogP contribution in [0.3, 0.4) is 0 Å². The van der Waals surface area contributed by atoms with E-state index in [0.717, 1.165) is 13.0 Å². The molecular formula is C15H23NO2. The number of benzene rings is 1. The van der Waals surface area contributed by atoms with E-state index in [1.54, 1.807) is 6.92 Å². The minimum atomic E-state index is -0.722. The molecule has 18 heavy (non-hydrogen) atoms. The van der Waals surface area contributed by atoms with Crippen molar-refractivity contribution in [2.75, 3.05) is 13.1 Å². The van der Waals surface area contributed by atoms with Gasteiger partial charge in [0.1, 0.15) is 0 Å². The third-order valence-electron chi connectivity index (χ3n) is 3.33. The molecule has 0 saturated heterocycles. The van der Waals surface area contributed by atoms with Gasteiger partial charge in [-0.05, 0) is 25.5 Å². The molecule has 1 N–H and O–H groups in total. The number of hydrogen-bond donors (Lipinski definition) is 1. The number of nitrogens with zero attached hydrogens (tertiary/aromatic N) is 1. The van der Waals surface area contributed by atoms with Gasteiger partial charge < -0.3 is 5.11 Å². The number of carboxylic acid groups (broad SMARTS) is 1. The number of carbonyl (C=O) groups is 1. The first-order chi connectivity index (χ1) is 8.54. The lowest BCUT2D eigenvalue weighted by atomic mass is 10.0. The van der Waals surface area contributed by atoms with E-state index in [4.69, 9.17) is 5.11 Å². The molecule has 0 amide bonds. The van der Waals surface area contributed by atoms with E-state index >= 15 is 0 Å². The SMILES string of the molecule is CCN(CC(C)C(=O)O)C(C)Cc1ccccc1. The minimum absolute atomic E-state index is 0.317. The lowest BCUT2D eigenvalue weighted by molar-refractivity contribution is -0.141. The molecule has 0 spiro atoms. The molecule has 0 aliphatic rings. The Hall–Kier alpha value is -1.35. The van der Waals surface area contributed by atoms with Gasteiger partial charge >= 0.3 is 5.97 Å². The summed E-state index contributed by atoms with van der Waals surface area (Å²) in [5.74, 6) is -1.04. The van der Waals surface area contributed by atoms with Crippen LogP contribution >= 0.6 is 0 Å². The van der Waals surface area contributed by atoms with Gasteiger partial charge in [-0.2, -0.15) is 0 Å². The van der Waals surface area contributed by atoms with Gasteiger partial charge in [-0.3, -0.25) is 9.69 Å². The molecule has 0 aliphatic carbocycles. The number of rotatable bonds is 7. The van der Waals surface area contributed by atoms with Crippen LogP contribution in [-0.2, 0) is 11.2 Å². The molecule has 0 heterocycles. The lowest BCUT2D eigenvalue weighted by Gasteiger charge is -2.29. The maximum atomic E-state index is 10.9. The smallest absolute Gasteiger partial charge is 0.307 e. The Morgan fingerprint density at radius 2 is 1.89 bits per heavy atom. The van der Waals surface area contributed by atoms with Gasteiger partial charge in [-0.1, -0.05) is 44.2 Å². The Labute approximate surface area is 109 Å². The quantitative estimate of drug-likeness (QED) is 0.807. The normalized spacial score (nSPS) is 14.4. The van der Waals surface area contributed by atoms with Crippen LogP contribution in [0.5, 0.6) is 0 Å². The van der Waals surface area contributed by atoms with Gasteiger partial charge in [0.15, 0.2) is 0 Å². The topological polar surface area (TPSA) is 40.5 Å². The van der Waals surface area contributed by atoms with E-state index in [-0.39, 0.29) is 5.92 Å². The second-order valence-electron chi connectivity index (χ2n) is 4.87. The molecule has 2 unspecified atom stereocenters. The van der Waals surface area contributed by atoms with Gasteiger partial charge in [-0.15, -0.1) is 0 Å². The van der Waals surface area contributed by atoms with Crippen molar-refractivity contribution < 1.29 is 9.90 Å². The molecule has 1 aromatic rings. The van der Waals surface area contributed by atoms with Crippen molar-refractivity contribution in [3.8, 4) is 0 Å². The van der Waals surface area contributed by atoms with Crippen LogP contribution in [0.2, 0.25) is 0 Å². The summed E-state index contributed by atoms with van der Waals surface area (Å²) < 4.78 is 0. The Bertz CT molecular complexity index is 364. The van der Waals surface area contributed by atoms with Crippen LogP contribution in [0.4, 0.5) is 0 Å². The van der Waals surface area contributed by atoms with Crippen LogP contribution < -0.4 is 0 Å². The zero-order valence-corrected chi connectivity index (χ0v) is 11.5. The summed E-state index contributed by atoms with van der Waals surface area (Å²) in [7, 11) is 0. The summed E-state index contributed by atoms with van der Waals surface area (Å²) in [6.07, 6.45) is 0.959. The highest BCUT2D eigenvalue weighted by atomic mass is 16.4. The lowest BCUT2D eigenvalue weighted by Crippen LogP contribution is -2.39. The third kappa shape index (κ3) is 4.49. The summed E-state index contributed by atoms with van der Waals surface area (Å²) >= 11 is 0. The molecule has 0 bridgehead atoms. The molecule has 0 fully saturated rings. The maximum absolute atomic E-state index is 10.9. The fraction of sp³-hybridized carbons (Fsp3) is 0.533.